The minimum absolute atomic E-state index is 0.0352. The Morgan fingerprint density at radius 3 is 2.71 bits per heavy atom. The summed E-state index contributed by atoms with van der Waals surface area (Å²) in [4.78, 5) is 12.1. The summed E-state index contributed by atoms with van der Waals surface area (Å²) in [5.74, 6) is 1.45. The van der Waals surface area contributed by atoms with E-state index in [1.54, 1.807) is 0 Å². The first-order valence-electron chi connectivity index (χ1n) is 8.33. The third-order valence-corrected chi connectivity index (χ3v) is 4.58. The zero-order chi connectivity index (χ0) is 17.5. The van der Waals surface area contributed by atoms with Crippen LogP contribution in [0.5, 0.6) is 5.75 Å². The molecular formula is C18H25N3O2S. The number of amides is 1. The Bertz CT molecular complexity index is 670. The van der Waals surface area contributed by atoms with Gasteiger partial charge in [-0.3, -0.25) is 10.1 Å². The van der Waals surface area contributed by atoms with Crippen LogP contribution in [0.2, 0.25) is 0 Å². The number of para-hydroxylation sites is 1. The van der Waals surface area contributed by atoms with Crippen LogP contribution in [0.4, 0.5) is 5.13 Å². The fraction of sp³-hybridized carbons (Fsp3) is 0.500. The van der Waals surface area contributed by atoms with E-state index in [0.717, 1.165) is 29.2 Å². The van der Waals surface area contributed by atoms with Crippen molar-refractivity contribution in [3.8, 4) is 5.75 Å². The summed E-state index contributed by atoms with van der Waals surface area (Å²) in [6.45, 7) is 8.51. The molecule has 0 fully saturated rings. The van der Waals surface area contributed by atoms with E-state index in [1.165, 1.54) is 11.3 Å². The highest BCUT2D eigenvalue weighted by Crippen LogP contribution is 2.28. The fourth-order valence-corrected chi connectivity index (χ4v) is 3.24. The molecule has 0 radical (unpaired) electrons. The number of aromatic nitrogens is 2. The number of anilines is 1. The number of nitrogens with one attached hydrogen (secondary N) is 1. The quantitative estimate of drug-likeness (QED) is 0.774. The smallest absolute Gasteiger partial charge is 0.264 e. The minimum atomic E-state index is -0.221. The molecule has 1 aromatic carbocycles. The summed E-state index contributed by atoms with van der Waals surface area (Å²) in [6, 6.07) is 7.86. The van der Waals surface area contributed by atoms with Crippen molar-refractivity contribution in [2.45, 2.75) is 46.5 Å². The molecule has 5 nitrogen and oxygen atoms in total. The number of rotatable bonds is 8. The van der Waals surface area contributed by atoms with Crippen molar-refractivity contribution in [3.63, 3.8) is 0 Å². The highest BCUT2D eigenvalue weighted by atomic mass is 32.1. The Morgan fingerprint density at radius 1 is 1.25 bits per heavy atom. The number of hydrogen-bond acceptors (Lipinski definition) is 5. The fourth-order valence-electron chi connectivity index (χ4n) is 2.27. The van der Waals surface area contributed by atoms with E-state index in [0.29, 0.717) is 17.0 Å². The van der Waals surface area contributed by atoms with Gasteiger partial charge in [-0.05, 0) is 29.9 Å². The molecule has 0 aliphatic carbocycles. The highest BCUT2D eigenvalue weighted by molar-refractivity contribution is 7.15. The monoisotopic (exact) mass is 347 g/mol. The third kappa shape index (κ3) is 5.30. The minimum Gasteiger partial charge on any atom is -0.483 e. The molecule has 1 atom stereocenters. The summed E-state index contributed by atoms with van der Waals surface area (Å²) in [7, 11) is 0. The second-order valence-electron chi connectivity index (χ2n) is 6.28. The van der Waals surface area contributed by atoms with Gasteiger partial charge in [0.05, 0.1) is 0 Å². The van der Waals surface area contributed by atoms with Gasteiger partial charge < -0.3 is 4.74 Å². The molecule has 2 aromatic rings. The van der Waals surface area contributed by atoms with E-state index < -0.39 is 0 Å². The summed E-state index contributed by atoms with van der Waals surface area (Å²) in [5.41, 5.74) is 1.13. The van der Waals surface area contributed by atoms with Gasteiger partial charge >= 0.3 is 0 Å². The Labute approximate surface area is 147 Å². The Hall–Kier alpha value is -1.95. The van der Waals surface area contributed by atoms with Crippen LogP contribution in [0.3, 0.4) is 0 Å². The maximum atomic E-state index is 12.1. The molecule has 1 N–H and O–H groups in total. The predicted molar refractivity (Wildman–Crippen MR) is 97.7 cm³/mol. The lowest BCUT2D eigenvalue weighted by atomic mass is 9.98. The lowest BCUT2D eigenvalue weighted by molar-refractivity contribution is -0.118. The second-order valence-corrected chi connectivity index (χ2v) is 7.34. The molecular weight excluding hydrogens is 322 g/mol. The summed E-state index contributed by atoms with van der Waals surface area (Å²) in [5, 5.41) is 12.3. The van der Waals surface area contributed by atoms with Crippen molar-refractivity contribution in [2.75, 3.05) is 11.9 Å². The molecule has 0 bridgehead atoms. The Balaban J connectivity index is 1.91. The SMILES string of the molecule is CCC(C)c1ccccc1OCC(=O)Nc1nnc(CC(C)C)s1. The third-order valence-electron chi connectivity index (χ3n) is 3.72. The number of ether oxygens (including phenoxy) is 1. The Kier molecular flexibility index (Phi) is 6.73. The number of carbonyl (C=O) groups is 1. The van der Waals surface area contributed by atoms with Crippen molar-refractivity contribution in [2.24, 2.45) is 5.92 Å². The van der Waals surface area contributed by atoms with Gasteiger partial charge in [0.15, 0.2) is 6.61 Å². The normalized spacial score (nSPS) is 12.2. The van der Waals surface area contributed by atoms with Gasteiger partial charge in [0.1, 0.15) is 10.8 Å². The topological polar surface area (TPSA) is 64.1 Å². The lowest BCUT2D eigenvalue weighted by Gasteiger charge is -2.15. The largest absolute Gasteiger partial charge is 0.483 e. The van der Waals surface area contributed by atoms with Crippen LogP contribution in [0.25, 0.3) is 0 Å². The lowest BCUT2D eigenvalue weighted by Crippen LogP contribution is -2.20. The van der Waals surface area contributed by atoms with Crippen LogP contribution < -0.4 is 10.1 Å². The molecule has 1 amide bonds. The molecule has 0 saturated heterocycles. The average molecular weight is 347 g/mol. The van der Waals surface area contributed by atoms with Crippen LogP contribution >= 0.6 is 11.3 Å². The second kappa shape index (κ2) is 8.78. The summed E-state index contributed by atoms with van der Waals surface area (Å²) >= 11 is 1.41. The first-order valence-corrected chi connectivity index (χ1v) is 9.15. The van der Waals surface area contributed by atoms with Crippen molar-refractivity contribution in [3.05, 3.63) is 34.8 Å². The van der Waals surface area contributed by atoms with Crippen LogP contribution in [-0.2, 0) is 11.2 Å². The van der Waals surface area contributed by atoms with E-state index in [9.17, 15) is 4.79 Å². The first kappa shape index (κ1) is 18.4. The summed E-state index contributed by atoms with van der Waals surface area (Å²) in [6.07, 6.45) is 1.89. The molecule has 0 aliphatic heterocycles. The van der Waals surface area contributed by atoms with Gasteiger partial charge in [-0.2, -0.15) is 0 Å². The molecule has 1 unspecified atom stereocenters. The molecule has 0 aliphatic rings. The van der Waals surface area contributed by atoms with Crippen LogP contribution in [0.15, 0.2) is 24.3 Å². The van der Waals surface area contributed by atoms with E-state index in [1.807, 2.05) is 24.3 Å². The first-order chi connectivity index (χ1) is 11.5. The van der Waals surface area contributed by atoms with Gasteiger partial charge in [-0.1, -0.05) is 57.2 Å². The molecule has 6 heteroatoms. The molecule has 0 spiro atoms. The number of hydrogen-bond donors (Lipinski definition) is 1. The number of benzene rings is 1. The van der Waals surface area contributed by atoms with E-state index in [2.05, 4.69) is 43.2 Å². The highest BCUT2D eigenvalue weighted by Gasteiger charge is 2.13. The van der Waals surface area contributed by atoms with Gasteiger partial charge in [0.2, 0.25) is 5.13 Å². The molecule has 0 saturated carbocycles. The van der Waals surface area contributed by atoms with Crippen molar-refractivity contribution < 1.29 is 9.53 Å². The zero-order valence-electron chi connectivity index (χ0n) is 14.7. The van der Waals surface area contributed by atoms with Gasteiger partial charge in [-0.25, -0.2) is 0 Å². The molecule has 1 heterocycles. The van der Waals surface area contributed by atoms with E-state index in [-0.39, 0.29) is 12.5 Å². The standard InChI is InChI=1S/C18H25N3O2S/c1-5-13(4)14-8-6-7-9-15(14)23-11-16(22)19-18-21-20-17(24-18)10-12(2)3/h6-9,12-13H,5,10-11H2,1-4H3,(H,19,21,22). The van der Waals surface area contributed by atoms with Gasteiger partial charge in [0, 0.05) is 6.42 Å². The average Bonchev–Trinajstić information content (AvgIpc) is 2.98. The molecule has 24 heavy (non-hydrogen) atoms. The van der Waals surface area contributed by atoms with E-state index in [4.69, 9.17) is 4.74 Å². The van der Waals surface area contributed by atoms with Crippen molar-refractivity contribution in [1.82, 2.24) is 10.2 Å². The molecule has 1 aromatic heterocycles. The Morgan fingerprint density at radius 2 is 2.00 bits per heavy atom. The van der Waals surface area contributed by atoms with Gasteiger partial charge in [-0.15, -0.1) is 10.2 Å². The van der Waals surface area contributed by atoms with Crippen molar-refractivity contribution in [1.29, 1.82) is 0 Å². The number of carbonyl (C=O) groups excluding carboxylic acids is 1. The summed E-state index contributed by atoms with van der Waals surface area (Å²) < 4.78 is 5.71. The zero-order valence-corrected chi connectivity index (χ0v) is 15.5. The van der Waals surface area contributed by atoms with Crippen LogP contribution in [-0.4, -0.2) is 22.7 Å². The van der Waals surface area contributed by atoms with Crippen molar-refractivity contribution >= 4 is 22.4 Å². The maximum absolute atomic E-state index is 12.1. The van der Waals surface area contributed by atoms with Crippen LogP contribution in [0, 0.1) is 5.92 Å². The van der Waals surface area contributed by atoms with E-state index >= 15 is 0 Å². The maximum Gasteiger partial charge on any atom is 0.264 e. The predicted octanol–water partition coefficient (Wildman–Crippen LogP) is 4.27. The number of nitrogens with zero attached hydrogens (tertiary/aromatic N) is 2. The molecule has 2 rings (SSSR count). The molecule has 130 valence electrons. The van der Waals surface area contributed by atoms with Gasteiger partial charge in [0.25, 0.3) is 5.91 Å². The van der Waals surface area contributed by atoms with Crippen LogP contribution in [0.1, 0.15) is 50.6 Å².